The average molecular weight is 340 g/mol. The van der Waals surface area contributed by atoms with Gasteiger partial charge in [-0.05, 0) is 38.1 Å². The predicted octanol–water partition coefficient (Wildman–Crippen LogP) is 2.93. The molecule has 1 N–H and O–H groups in total. The number of anilines is 1. The highest BCUT2D eigenvalue weighted by atomic mass is 35.5. The molecular formula is C15H15Cl2N3O2. The smallest absolute Gasteiger partial charge is 0.251 e. The van der Waals surface area contributed by atoms with Gasteiger partial charge in [-0.1, -0.05) is 29.3 Å². The molecule has 0 aromatic heterocycles. The zero-order valence-electron chi connectivity index (χ0n) is 12.1. The van der Waals surface area contributed by atoms with Gasteiger partial charge in [0.05, 0.1) is 16.1 Å². The van der Waals surface area contributed by atoms with Crippen LogP contribution in [0.5, 0.6) is 0 Å². The van der Waals surface area contributed by atoms with E-state index in [4.69, 9.17) is 28.5 Å². The molecule has 1 atom stereocenters. The Morgan fingerprint density at radius 2 is 2.09 bits per heavy atom. The van der Waals surface area contributed by atoms with Crippen molar-refractivity contribution in [1.82, 2.24) is 5.32 Å². The molecule has 0 heterocycles. The molecule has 1 aromatic rings. The molecule has 0 aliphatic rings. The summed E-state index contributed by atoms with van der Waals surface area (Å²) in [6.07, 6.45) is 2.92. The summed E-state index contributed by atoms with van der Waals surface area (Å²) in [6.45, 7) is 3.14. The van der Waals surface area contributed by atoms with Gasteiger partial charge in [-0.15, -0.1) is 0 Å². The van der Waals surface area contributed by atoms with Crippen LogP contribution in [-0.2, 0) is 9.59 Å². The summed E-state index contributed by atoms with van der Waals surface area (Å²) in [7, 11) is 0. The van der Waals surface area contributed by atoms with Gasteiger partial charge in [0.1, 0.15) is 12.6 Å². The van der Waals surface area contributed by atoms with Gasteiger partial charge in [-0.2, -0.15) is 5.26 Å². The Balaban J connectivity index is 3.18. The second-order valence-electron chi connectivity index (χ2n) is 4.36. The van der Waals surface area contributed by atoms with E-state index in [-0.39, 0.29) is 17.5 Å². The van der Waals surface area contributed by atoms with E-state index in [0.29, 0.717) is 10.7 Å². The molecule has 0 radical (unpaired) electrons. The van der Waals surface area contributed by atoms with Crippen LogP contribution in [0.3, 0.4) is 0 Å². The number of nitriles is 1. The van der Waals surface area contributed by atoms with Gasteiger partial charge in [0.15, 0.2) is 0 Å². The fraction of sp³-hybridized carbons (Fsp3) is 0.267. The molecule has 5 nitrogen and oxygen atoms in total. The number of hydrogen-bond acceptors (Lipinski definition) is 3. The number of nitrogens with one attached hydrogen (secondary N) is 1. The predicted molar refractivity (Wildman–Crippen MR) is 86.8 cm³/mol. The Labute approximate surface area is 139 Å². The fourth-order valence-electron chi connectivity index (χ4n) is 1.79. The molecule has 0 saturated carbocycles. The summed E-state index contributed by atoms with van der Waals surface area (Å²) in [5.74, 6) is -0.814. The Kier molecular flexibility index (Phi) is 6.90. The van der Waals surface area contributed by atoms with Gasteiger partial charge >= 0.3 is 0 Å². The van der Waals surface area contributed by atoms with Crippen molar-refractivity contribution in [1.29, 1.82) is 5.26 Å². The first-order chi connectivity index (χ1) is 10.4. The van der Waals surface area contributed by atoms with Gasteiger partial charge in [-0.25, -0.2) is 0 Å². The number of carbonyl (C=O) groups is 2. The van der Waals surface area contributed by atoms with Crippen molar-refractivity contribution in [2.24, 2.45) is 0 Å². The van der Waals surface area contributed by atoms with Gasteiger partial charge in [0, 0.05) is 5.69 Å². The van der Waals surface area contributed by atoms with Crippen LogP contribution in [0.1, 0.15) is 13.8 Å². The molecule has 0 spiro atoms. The molecule has 0 bridgehead atoms. The largest absolute Gasteiger partial charge is 0.341 e. The zero-order chi connectivity index (χ0) is 16.7. The monoisotopic (exact) mass is 339 g/mol. The number of allylic oxidation sites excluding steroid dienone is 1. The third kappa shape index (κ3) is 4.48. The van der Waals surface area contributed by atoms with E-state index >= 15 is 0 Å². The molecule has 2 amide bonds. The van der Waals surface area contributed by atoms with Crippen molar-refractivity contribution < 1.29 is 9.59 Å². The summed E-state index contributed by atoms with van der Waals surface area (Å²) in [5.41, 5.74) is 0.442. The lowest BCUT2D eigenvalue weighted by molar-refractivity contribution is -0.124. The maximum absolute atomic E-state index is 12.3. The minimum absolute atomic E-state index is 0.129. The molecule has 1 unspecified atom stereocenters. The van der Waals surface area contributed by atoms with Crippen molar-refractivity contribution in [3.05, 3.63) is 40.4 Å². The molecular weight excluding hydrogens is 325 g/mol. The van der Waals surface area contributed by atoms with Crippen LogP contribution < -0.4 is 10.2 Å². The average Bonchev–Trinajstić information content (AvgIpc) is 2.48. The molecule has 0 saturated heterocycles. The lowest BCUT2D eigenvalue weighted by Gasteiger charge is -2.27. The number of amides is 2. The lowest BCUT2D eigenvalue weighted by Crippen LogP contribution is -2.48. The van der Waals surface area contributed by atoms with Crippen molar-refractivity contribution in [2.45, 2.75) is 19.9 Å². The van der Waals surface area contributed by atoms with Crippen LogP contribution in [0.2, 0.25) is 10.0 Å². The first kappa shape index (κ1) is 18.0. The molecule has 7 heteroatoms. The summed E-state index contributed by atoms with van der Waals surface area (Å²) in [4.78, 5) is 25.6. The van der Waals surface area contributed by atoms with Crippen molar-refractivity contribution in [3.63, 3.8) is 0 Å². The summed E-state index contributed by atoms with van der Waals surface area (Å²) in [5, 5.41) is 11.6. The maximum Gasteiger partial charge on any atom is 0.251 e. The van der Waals surface area contributed by atoms with E-state index in [0.717, 1.165) is 0 Å². The molecule has 1 rings (SSSR count). The fourth-order valence-corrected chi connectivity index (χ4v) is 2.08. The van der Waals surface area contributed by atoms with Gasteiger partial charge in [0.2, 0.25) is 5.91 Å². The minimum Gasteiger partial charge on any atom is -0.341 e. The van der Waals surface area contributed by atoms with E-state index < -0.39 is 11.9 Å². The standard InChI is InChI=1S/C15H15Cl2N3O2/c1-3-4-14(21)20(10(2)15(22)19-8-7-18)11-5-6-12(16)13(17)9-11/h3-6,9-10H,8H2,1-2H3,(H,19,22). The summed E-state index contributed by atoms with van der Waals surface area (Å²) in [6, 6.07) is 5.67. The summed E-state index contributed by atoms with van der Waals surface area (Å²) < 4.78 is 0. The molecule has 0 fully saturated rings. The van der Waals surface area contributed by atoms with E-state index in [9.17, 15) is 9.59 Å². The Hall–Kier alpha value is -2.03. The highest BCUT2D eigenvalue weighted by molar-refractivity contribution is 6.42. The van der Waals surface area contributed by atoms with Crippen LogP contribution in [0.4, 0.5) is 5.69 Å². The maximum atomic E-state index is 12.3. The van der Waals surface area contributed by atoms with Crippen LogP contribution in [0, 0.1) is 11.3 Å². The SMILES string of the molecule is CC=CC(=O)N(c1ccc(Cl)c(Cl)c1)C(C)C(=O)NCC#N. The van der Waals surface area contributed by atoms with Crippen LogP contribution in [0.15, 0.2) is 30.4 Å². The van der Waals surface area contributed by atoms with Crippen molar-refractivity contribution in [2.75, 3.05) is 11.4 Å². The molecule has 22 heavy (non-hydrogen) atoms. The highest BCUT2D eigenvalue weighted by Gasteiger charge is 2.26. The van der Waals surface area contributed by atoms with Crippen LogP contribution >= 0.6 is 23.2 Å². The number of carbonyl (C=O) groups excluding carboxylic acids is 2. The second-order valence-corrected chi connectivity index (χ2v) is 5.17. The lowest BCUT2D eigenvalue weighted by atomic mass is 10.2. The minimum atomic E-state index is -0.811. The van der Waals surface area contributed by atoms with Crippen LogP contribution in [0.25, 0.3) is 0 Å². The van der Waals surface area contributed by atoms with E-state index in [1.54, 1.807) is 32.1 Å². The Morgan fingerprint density at radius 1 is 1.41 bits per heavy atom. The van der Waals surface area contributed by atoms with E-state index in [1.165, 1.54) is 17.0 Å². The van der Waals surface area contributed by atoms with Gasteiger partial charge in [0.25, 0.3) is 5.91 Å². The van der Waals surface area contributed by atoms with E-state index in [1.807, 2.05) is 6.07 Å². The zero-order valence-corrected chi connectivity index (χ0v) is 13.6. The number of halogens is 2. The quantitative estimate of drug-likeness (QED) is 0.662. The molecule has 0 aliphatic heterocycles. The third-order valence-electron chi connectivity index (χ3n) is 2.84. The summed E-state index contributed by atoms with van der Waals surface area (Å²) >= 11 is 11.8. The number of benzene rings is 1. The Morgan fingerprint density at radius 3 is 2.64 bits per heavy atom. The molecule has 0 aliphatic carbocycles. The normalized spacial score (nSPS) is 11.8. The number of rotatable bonds is 5. The molecule has 1 aromatic carbocycles. The van der Waals surface area contributed by atoms with Gasteiger partial charge < -0.3 is 5.32 Å². The third-order valence-corrected chi connectivity index (χ3v) is 3.58. The number of nitrogens with zero attached hydrogens (tertiary/aromatic N) is 2. The van der Waals surface area contributed by atoms with Crippen molar-refractivity contribution in [3.8, 4) is 6.07 Å². The first-order valence-electron chi connectivity index (χ1n) is 6.48. The number of hydrogen-bond donors (Lipinski definition) is 1. The van der Waals surface area contributed by atoms with Crippen molar-refractivity contribution >= 4 is 40.7 Å². The second kappa shape index (κ2) is 8.42. The topological polar surface area (TPSA) is 73.2 Å². The highest BCUT2D eigenvalue weighted by Crippen LogP contribution is 2.28. The van der Waals surface area contributed by atoms with Crippen LogP contribution in [-0.4, -0.2) is 24.4 Å². The first-order valence-corrected chi connectivity index (χ1v) is 7.23. The van der Waals surface area contributed by atoms with Gasteiger partial charge in [-0.3, -0.25) is 14.5 Å². The molecule has 116 valence electrons. The Bertz CT molecular complexity index is 638. The van der Waals surface area contributed by atoms with E-state index in [2.05, 4.69) is 5.32 Å².